The maximum atomic E-state index is 5.96. The van der Waals surface area contributed by atoms with E-state index in [1.54, 1.807) is 0 Å². The molecule has 0 aromatic heterocycles. The third-order valence-electron chi connectivity index (χ3n) is 4.05. The van der Waals surface area contributed by atoms with E-state index < -0.39 is 0 Å². The number of ether oxygens (including phenoxy) is 2. The molecule has 1 N–H and O–H groups in total. The van der Waals surface area contributed by atoms with Gasteiger partial charge in [-0.3, -0.25) is 0 Å². The highest BCUT2D eigenvalue weighted by Gasteiger charge is 2.27. The first-order valence-corrected chi connectivity index (χ1v) is 7.34. The number of fused-ring (bicyclic) bond motifs is 1. The predicted octanol–water partition coefficient (Wildman–Crippen LogP) is 2.54. The first-order chi connectivity index (χ1) is 9.20. The summed E-state index contributed by atoms with van der Waals surface area (Å²) in [5, 5.41) is 3.65. The fourth-order valence-corrected chi connectivity index (χ4v) is 3.24. The average Bonchev–Trinajstić information content (AvgIpc) is 2.78. The Hall–Kier alpha value is -1.06. The summed E-state index contributed by atoms with van der Waals surface area (Å²) in [6.07, 6.45) is 4.24. The van der Waals surface area contributed by atoms with Crippen molar-refractivity contribution < 1.29 is 9.47 Å². The van der Waals surface area contributed by atoms with Gasteiger partial charge in [0.05, 0.1) is 12.2 Å². The Morgan fingerprint density at radius 3 is 2.63 bits per heavy atom. The zero-order valence-electron chi connectivity index (χ0n) is 11.8. The summed E-state index contributed by atoms with van der Waals surface area (Å²) in [6.45, 7) is 5.25. The summed E-state index contributed by atoms with van der Waals surface area (Å²) < 4.78 is 11.7. The van der Waals surface area contributed by atoms with Crippen molar-refractivity contribution in [2.24, 2.45) is 0 Å². The molecule has 3 heteroatoms. The number of nitrogens with one attached hydrogen (secondary N) is 1. The molecule has 1 saturated heterocycles. The van der Waals surface area contributed by atoms with Crippen LogP contribution in [0.2, 0.25) is 0 Å². The highest BCUT2D eigenvalue weighted by atomic mass is 16.5. The van der Waals surface area contributed by atoms with E-state index in [1.807, 2.05) is 6.07 Å². The molecule has 1 aromatic carbocycles. The van der Waals surface area contributed by atoms with Crippen LogP contribution in [0.25, 0.3) is 0 Å². The quantitative estimate of drug-likeness (QED) is 0.907. The van der Waals surface area contributed by atoms with Crippen molar-refractivity contribution in [3.63, 3.8) is 0 Å². The highest BCUT2D eigenvalue weighted by Crippen LogP contribution is 2.28. The smallest absolute Gasteiger partial charge is 0.123 e. The molecule has 0 aliphatic carbocycles. The molecule has 1 aromatic rings. The monoisotopic (exact) mass is 261 g/mol. The van der Waals surface area contributed by atoms with Gasteiger partial charge in [-0.05, 0) is 38.3 Å². The SMILES string of the molecule is CC1CC(NCC2Cc3ccccc3O2)CC(C)O1. The van der Waals surface area contributed by atoms with E-state index in [0.29, 0.717) is 18.2 Å². The van der Waals surface area contributed by atoms with Crippen LogP contribution in [-0.4, -0.2) is 30.9 Å². The second-order valence-corrected chi connectivity index (χ2v) is 5.89. The molecule has 19 heavy (non-hydrogen) atoms. The molecule has 2 aliphatic rings. The molecule has 3 atom stereocenters. The Morgan fingerprint density at radius 2 is 1.89 bits per heavy atom. The van der Waals surface area contributed by atoms with Crippen LogP contribution >= 0.6 is 0 Å². The van der Waals surface area contributed by atoms with Gasteiger partial charge in [-0.25, -0.2) is 0 Å². The molecule has 0 radical (unpaired) electrons. The zero-order chi connectivity index (χ0) is 13.2. The lowest BCUT2D eigenvalue weighted by atomic mass is 9.99. The van der Waals surface area contributed by atoms with Crippen molar-refractivity contribution >= 4 is 0 Å². The average molecular weight is 261 g/mol. The molecule has 2 aliphatic heterocycles. The molecule has 1 fully saturated rings. The van der Waals surface area contributed by atoms with E-state index in [2.05, 4.69) is 37.4 Å². The van der Waals surface area contributed by atoms with Crippen LogP contribution in [0.4, 0.5) is 0 Å². The largest absolute Gasteiger partial charge is 0.488 e. The Labute approximate surface area is 115 Å². The normalized spacial score (nSPS) is 33.8. The molecule has 0 saturated carbocycles. The second-order valence-electron chi connectivity index (χ2n) is 5.89. The minimum Gasteiger partial charge on any atom is -0.488 e. The third kappa shape index (κ3) is 3.10. The van der Waals surface area contributed by atoms with Crippen molar-refractivity contribution in [3.8, 4) is 5.75 Å². The van der Waals surface area contributed by atoms with E-state index in [0.717, 1.165) is 31.6 Å². The van der Waals surface area contributed by atoms with Crippen LogP contribution in [0, 0.1) is 0 Å². The van der Waals surface area contributed by atoms with E-state index in [1.165, 1.54) is 5.56 Å². The Kier molecular flexibility index (Phi) is 3.76. The minimum atomic E-state index is 0.283. The molecule has 3 unspecified atom stereocenters. The van der Waals surface area contributed by atoms with E-state index >= 15 is 0 Å². The lowest BCUT2D eigenvalue weighted by Crippen LogP contribution is -2.44. The van der Waals surface area contributed by atoms with Crippen molar-refractivity contribution in [2.75, 3.05) is 6.54 Å². The van der Waals surface area contributed by atoms with Gasteiger partial charge in [0.2, 0.25) is 0 Å². The summed E-state index contributed by atoms with van der Waals surface area (Å²) in [7, 11) is 0. The van der Waals surface area contributed by atoms with Gasteiger partial charge >= 0.3 is 0 Å². The van der Waals surface area contributed by atoms with Crippen LogP contribution in [0.5, 0.6) is 5.75 Å². The first kappa shape index (κ1) is 12.9. The highest BCUT2D eigenvalue weighted by molar-refractivity contribution is 5.37. The Balaban J connectivity index is 1.49. The number of hydrogen-bond acceptors (Lipinski definition) is 3. The van der Waals surface area contributed by atoms with Gasteiger partial charge in [0, 0.05) is 19.0 Å². The first-order valence-electron chi connectivity index (χ1n) is 7.34. The topological polar surface area (TPSA) is 30.5 Å². The summed E-state index contributed by atoms with van der Waals surface area (Å²) in [5.74, 6) is 1.06. The minimum absolute atomic E-state index is 0.283. The summed E-state index contributed by atoms with van der Waals surface area (Å²) in [5.41, 5.74) is 1.34. The lowest BCUT2D eigenvalue weighted by Gasteiger charge is -2.33. The van der Waals surface area contributed by atoms with Gasteiger partial charge in [0.25, 0.3) is 0 Å². The molecule has 0 spiro atoms. The van der Waals surface area contributed by atoms with Gasteiger partial charge in [0.1, 0.15) is 11.9 Å². The van der Waals surface area contributed by atoms with Crippen LogP contribution in [0.1, 0.15) is 32.3 Å². The van der Waals surface area contributed by atoms with Gasteiger partial charge in [-0.1, -0.05) is 18.2 Å². The molecular weight excluding hydrogens is 238 g/mol. The van der Waals surface area contributed by atoms with Crippen LogP contribution < -0.4 is 10.1 Å². The van der Waals surface area contributed by atoms with Crippen molar-refractivity contribution in [3.05, 3.63) is 29.8 Å². The number of rotatable bonds is 3. The molecule has 0 amide bonds. The summed E-state index contributed by atoms with van der Waals surface area (Å²) in [4.78, 5) is 0. The van der Waals surface area contributed by atoms with Gasteiger partial charge < -0.3 is 14.8 Å². The molecule has 104 valence electrons. The van der Waals surface area contributed by atoms with Crippen molar-refractivity contribution in [1.29, 1.82) is 0 Å². The van der Waals surface area contributed by atoms with E-state index in [9.17, 15) is 0 Å². The van der Waals surface area contributed by atoms with E-state index in [4.69, 9.17) is 9.47 Å². The maximum Gasteiger partial charge on any atom is 0.123 e. The molecule has 3 rings (SSSR count). The fourth-order valence-electron chi connectivity index (χ4n) is 3.24. The standard InChI is InChI=1S/C16H23NO2/c1-11-7-14(8-12(2)18-11)17-10-15-9-13-5-3-4-6-16(13)19-15/h3-6,11-12,14-15,17H,7-10H2,1-2H3. The number of para-hydroxylation sites is 1. The Bertz CT molecular complexity index is 400. The van der Waals surface area contributed by atoms with Gasteiger partial charge in [-0.15, -0.1) is 0 Å². The van der Waals surface area contributed by atoms with Crippen LogP contribution in [0.3, 0.4) is 0 Å². The second kappa shape index (κ2) is 5.51. The van der Waals surface area contributed by atoms with Gasteiger partial charge in [0.15, 0.2) is 0 Å². The maximum absolute atomic E-state index is 5.96. The lowest BCUT2D eigenvalue weighted by molar-refractivity contribution is -0.0428. The number of hydrogen-bond donors (Lipinski definition) is 1. The fraction of sp³-hybridized carbons (Fsp3) is 0.625. The van der Waals surface area contributed by atoms with Gasteiger partial charge in [-0.2, -0.15) is 0 Å². The van der Waals surface area contributed by atoms with Crippen LogP contribution in [0.15, 0.2) is 24.3 Å². The zero-order valence-corrected chi connectivity index (χ0v) is 11.8. The summed E-state index contributed by atoms with van der Waals surface area (Å²) in [6, 6.07) is 8.91. The summed E-state index contributed by atoms with van der Waals surface area (Å²) >= 11 is 0. The number of benzene rings is 1. The Morgan fingerprint density at radius 1 is 1.16 bits per heavy atom. The van der Waals surface area contributed by atoms with Crippen molar-refractivity contribution in [1.82, 2.24) is 5.32 Å². The third-order valence-corrected chi connectivity index (χ3v) is 4.05. The molecular formula is C16H23NO2. The van der Waals surface area contributed by atoms with E-state index in [-0.39, 0.29) is 6.10 Å². The molecule has 2 heterocycles. The molecule has 3 nitrogen and oxygen atoms in total. The molecule has 0 bridgehead atoms. The van der Waals surface area contributed by atoms with Crippen LogP contribution in [-0.2, 0) is 11.2 Å². The predicted molar refractivity (Wildman–Crippen MR) is 75.6 cm³/mol. The van der Waals surface area contributed by atoms with Crippen molar-refractivity contribution in [2.45, 2.75) is 57.5 Å².